The molecule has 0 bridgehead atoms. The molecule has 2 amide bonds. The van der Waals surface area contributed by atoms with E-state index < -0.39 is 42.7 Å². The van der Waals surface area contributed by atoms with Crippen molar-refractivity contribution in [1.82, 2.24) is 10.6 Å². The zero-order valence-electron chi connectivity index (χ0n) is 17.2. The Morgan fingerprint density at radius 1 is 0.938 bits per heavy atom. The lowest BCUT2D eigenvalue weighted by molar-refractivity contribution is -0.147. The molecule has 170 valence electrons. The van der Waals surface area contributed by atoms with E-state index in [-0.39, 0.29) is 11.0 Å². The molecule has 0 aliphatic heterocycles. The molecule has 1 fully saturated rings. The van der Waals surface area contributed by atoms with Crippen LogP contribution in [0.25, 0.3) is 0 Å². The average Bonchev–Trinajstić information content (AvgIpc) is 2.75. The van der Waals surface area contributed by atoms with Gasteiger partial charge in [-0.05, 0) is 42.7 Å². The average molecular weight is 448 g/mol. The van der Waals surface area contributed by atoms with Gasteiger partial charge < -0.3 is 15.4 Å². The van der Waals surface area contributed by atoms with Crippen molar-refractivity contribution in [2.24, 2.45) is 0 Å². The summed E-state index contributed by atoms with van der Waals surface area (Å²) in [4.78, 5) is 35.8. The Balaban J connectivity index is 1.39. The Hall–Kier alpha value is -3.36. The van der Waals surface area contributed by atoms with Crippen molar-refractivity contribution in [3.8, 4) is 0 Å². The monoisotopic (exact) mass is 448 g/mol. The summed E-state index contributed by atoms with van der Waals surface area (Å²) in [5, 5.41) is 5.04. The third-order valence-electron chi connectivity index (χ3n) is 5.55. The smallest absolute Gasteiger partial charge is 0.416 e. The number of amides is 2. The normalized spacial score (nSPS) is 14.7. The van der Waals surface area contributed by atoms with Crippen LogP contribution in [0.2, 0.25) is 0 Å². The number of rotatable bonds is 8. The predicted octanol–water partition coefficient (Wildman–Crippen LogP) is 3.22. The van der Waals surface area contributed by atoms with Gasteiger partial charge in [-0.1, -0.05) is 36.8 Å². The summed E-state index contributed by atoms with van der Waals surface area (Å²) in [5.74, 6) is -2.01. The van der Waals surface area contributed by atoms with E-state index in [0.717, 1.165) is 49.1 Å². The minimum absolute atomic E-state index is 0.0322. The van der Waals surface area contributed by atoms with Crippen LogP contribution in [-0.4, -0.2) is 37.5 Å². The predicted molar refractivity (Wildman–Crippen MR) is 110 cm³/mol. The van der Waals surface area contributed by atoms with E-state index in [1.54, 1.807) is 0 Å². The lowest BCUT2D eigenvalue weighted by Gasteiger charge is -2.42. The van der Waals surface area contributed by atoms with Gasteiger partial charge in [-0.25, -0.2) is 0 Å². The molecular weight excluding hydrogens is 425 g/mol. The van der Waals surface area contributed by atoms with Crippen molar-refractivity contribution >= 4 is 17.8 Å². The molecule has 0 heterocycles. The zero-order valence-corrected chi connectivity index (χ0v) is 17.2. The lowest BCUT2D eigenvalue weighted by atomic mass is 9.64. The number of benzene rings is 2. The largest absolute Gasteiger partial charge is 0.454 e. The highest BCUT2D eigenvalue weighted by molar-refractivity contribution is 5.96. The van der Waals surface area contributed by atoms with Crippen molar-refractivity contribution in [3.63, 3.8) is 0 Å². The van der Waals surface area contributed by atoms with E-state index in [1.807, 2.05) is 30.3 Å². The van der Waals surface area contributed by atoms with Crippen LogP contribution in [-0.2, 0) is 25.9 Å². The number of ether oxygens (including phenoxy) is 1. The van der Waals surface area contributed by atoms with E-state index in [4.69, 9.17) is 4.74 Å². The van der Waals surface area contributed by atoms with E-state index in [0.29, 0.717) is 6.54 Å². The van der Waals surface area contributed by atoms with E-state index in [2.05, 4.69) is 10.6 Å². The minimum Gasteiger partial charge on any atom is -0.454 e. The van der Waals surface area contributed by atoms with E-state index in [1.165, 1.54) is 0 Å². The molecule has 6 nitrogen and oxygen atoms in total. The number of alkyl halides is 3. The molecule has 2 N–H and O–H groups in total. The summed E-state index contributed by atoms with van der Waals surface area (Å²) >= 11 is 0. The number of esters is 1. The molecule has 1 aliphatic rings. The molecule has 2 aromatic carbocycles. The van der Waals surface area contributed by atoms with Gasteiger partial charge in [0.05, 0.1) is 5.56 Å². The highest BCUT2D eigenvalue weighted by Crippen LogP contribution is 2.43. The van der Waals surface area contributed by atoms with Gasteiger partial charge in [0, 0.05) is 17.5 Å². The molecule has 32 heavy (non-hydrogen) atoms. The third-order valence-corrected chi connectivity index (χ3v) is 5.55. The first kappa shape index (κ1) is 23.3. The highest BCUT2D eigenvalue weighted by atomic mass is 19.4. The standard InChI is InChI=1S/C23H23F3N2O4/c24-23(25,26)18-9-7-16(8-10-18)21(31)27-13-20(30)32-14-19(29)28-15-22(11-4-12-22)17-5-2-1-3-6-17/h1-3,5-10H,4,11-15H2,(H,27,31)(H,28,29). The van der Waals surface area contributed by atoms with Crippen LogP contribution < -0.4 is 10.6 Å². The van der Waals surface area contributed by atoms with Gasteiger partial charge in [0.15, 0.2) is 6.61 Å². The Kier molecular flexibility index (Phi) is 7.17. The molecule has 1 aliphatic carbocycles. The third kappa shape index (κ3) is 5.87. The van der Waals surface area contributed by atoms with Crippen molar-refractivity contribution < 1.29 is 32.3 Å². The maximum Gasteiger partial charge on any atom is 0.416 e. The number of hydrogen-bond donors (Lipinski definition) is 2. The molecule has 9 heteroatoms. The molecule has 0 radical (unpaired) electrons. The Bertz CT molecular complexity index is 955. The van der Waals surface area contributed by atoms with Crippen LogP contribution in [0.5, 0.6) is 0 Å². The number of nitrogens with one attached hydrogen (secondary N) is 2. The van der Waals surface area contributed by atoms with Gasteiger partial charge in [0.1, 0.15) is 6.54 Å². The van der Waals surface area contributed by atoms with Gasteiger partial charge in [0.25, 0.3) is 11.8 Å². The summed E-state index contributed by atoms with van der Waals surface area (Å²) in [7, 11) is 0. The fourth-order valence-corrected chi connectivity index (χ4v) is 3.54. The molecule has 0 aromatic heterocycles. The van der Waals surface area contributed by atoms with Crippen LogP contribution in [0.3, 0.4) is 0 Å². The van der Waals surface area contributed by atoms with Crippen LogP contribution in [0.4, 0.5) is 13.2 Å². The van der Waals surface area contributed by atoms with Gasteiger partial charge in [0.2, 0.25) is 0 Å². The first-order chi connectivity index (χ1) is 15.2. The number of halogens is 3. The van der Waals surface area contributed by atoms with Gasteiger partial charge >= 0.3 is 12.1 Å². The fourth-order valence-electron chi connectivity index (χ4n) is 3.54. The summed E-state index contributed by atoms with van der Waals surface area (Å²) in [6.07, 6.45) is -1.49. The molecule has 0 saturated heterocycles. The van der Waals surface area contributed by atoms with Crippen LogP contribution in [0.15, 0.2) is 54.6 Å². The van der Waals surface area contributed by atoms with Crippen molar-refractivity contribution in [2.75, 3.05) is 19.7 Å². The Labute approximate surface area is 183 Å². The molecule has 0 unspecified atom stereocenters. The van der Waals surface area contributed by atoms with Crippen LogP contribution in [0, 0.1) is 0 Å². The molecule has 2 aromatic rings. The van der Waals surface area contributed by atoms with Crippen molar-refractivity contribution in [3.05, 3.63) is 71.3 Å². The number of carbonyl (C=O) groups is 3. The SMILES string of the molecule is O=C(COC(=O)CNC(=O)c1ccc(C(F)(F)F)cc1)NCC1(c2ccccc2)CCC1. The van der Waals surface area contributed by atoms with Gasteiger partial charge in [-0.15, -0.1) is 0 Å². The second kappa shape index (κ2) is 9.84. The second-order valence-electron chi connectivity index (χ2n) is 7.70. The molecule has 1 saturated carbocycles. The van der Waals surface area contributed by atoms with Crippen molar-refractivity contribution in [2.45, 2.75) is 30.9 Å². The number of carbonyl (C=O) groups excluding carboxylic acids is 3. The molecule has 3 rings (SSSR count). The molecule has 0 spiro atoms. The van der Waals surface area contributed by atoms with Crippen LogP contribution >= 0.6 is 0 Å². The highest BCUT2D eigenvalue weighted by Gasteiger charge is 2.38. The second-order valence-corrected chi connectivity index (χ2v) is 7.70. The zero-order chi connectivity index (χ0) is 23.2. The number of hydrogen-bond acceptors (Lipinski definition) is 4. The Morgan fingerprint density at radius 2 is 1.59 bits per heavy atom. The fraction of sp³-hybridized carbons (Fsp3) is 0.348. The summed E-state index contributed by atoms with van der Waals surface area (Å²) in [5.41, 5.74) is 0.150. The van der Waals surface area contributed by atoms with Gasteiger partial charge in [-0.3, -0.25) is 14.4 Å². The minimum atomic E-state index is -4.50. The van der Waals surface area contributed by atoms with Crippen LogP contribution in [0.1, 0.15) is 40.7 Å². The summed E-state index contributed by atoms with van der Waals surface area (Å²) in [6, 6.07) is 13.5. The maximum absolute atomic E-state index is 12.6. The Morgan fingerprint density at radius 3 is 2.16 bits per heavy atom. The van der Waals surface area contributed by atoms with Crippen molar-refractivity contribution in [1.29, 1.82) is 0 Å². The quantitative estimate of drug-likeness (QED) is 0.608. The van der Waals surface area contributed by atoms with E-state index in [9.17, 15) is 27.6 Å². The molecular formula is C23H23F3N2O4. The van der Waals surface area contributed by atoms with E-state index >= 15 is 0 Å². The first-order valence-electron chi connectivity index (χ1n) is 10.1. The summed E-state index contributed by atoms with van der Waals surface area (Å²) < 4.78 is 42.5. The topological polar surface area (TPSA) is 84.5 Å². The summed E-state index contributed by atoms with van der Waals surface area (Å²) in [6.45, 7) is -0.557. The lowest BCUT2D eigenvalue weighted by Crippen LogP contribution is -2.46. The first-order valence-corrected chi connectivity index (χ1v) is 10.1. The van der Waals surface area contributed by atoms with Gasteiger partial charge in [-0.2, -0.15) is 13.2 Å². The molecule has 0 atom stereocenters. The maximum atomic E-state index is 12.6.